The topological polar surface area (TPSA) is 43.0 Å². The van der Waals surface area contributed by atoms with E-state index in [0.29, 0.717) is 6.61 Å². The van der Waals surface area contributed by atoms with Gasteiger partial charge in [0.2, 0.25) is 0 Å². The maximum Gasteiger partial charge on any atom is 0.165 e. The summed E-state index contributed by atoms with van der Waals surface area (Å²) in [5.41, 5.74) is 2.25. The Bertz CT molecular complexity index is 714. The van der Waals surface area contributed by atoms with E-state index < -0.39 is 0 Å². The number of para-hydroxylation sites is 2. The third kappa shape index (κ3) is 3.79. The highest BCUT2D eigenvalue weighted by molar-refractivity contribution is 5.53. The van der Waals surface area contributed by atoms with Gasteiger partial charge in [0.15, 0.2) is 11.5 Å². The van der Waals surface area contributed by atoms with Gasteiger partial charge in [0, 0.05) is 37.3 Å². The van der Waals surface area contributed by atoms with Crippen molar-refractivity contribution in [3.63, 3.8) is 0 Å². The van der Waals surface area contributed by atoms with Crippen LogP contribution in [0, 0.1) is 0 Å². The van der Waals surface area contributed by atoms with Crippen molar-refractivity contribution in [1.29, 1.82) is 0 Å². The van der Waals surface area contributed by atoms with Crippen LogP contribution in [0.5, 0.6) is 17.2 Å². The lowest BCUT2D eigenvalue weighted by Crippen LogP contribution is -2.45. The molecule has 2 aromatic carbocycles. The van der Waals surface area contributed by atoms with Crippen LogP contribution < -0.4 is 19.5 Å². The minimum Gasteiger partial charge on any atom is -0.494 e. The first kappa shape index (κ1) is 18.5. The Labute approximate surface area is 155 Å². The van der Waals surface area contributed by atoms with Crippen LogP contribution in [-0.4, -0.2) is 51.9 Å². The first-order valence-corrected chi connectivity index (χ1v) is 9.17. The molecule has 1 unspecified atom stereocenters. The predicted molar refractivity (Wildman–Crippen MR) is 103 cm³/mol. The number of hydrogen-bond donors (Lipinski definition) is 1. The first-order valence-electron chi connectivity index (χ1n) is 9.17. The molecule has 0 saturated carbocycles. The van der Waals surface area contributed by atoms with Crippen molar-refractivity contribution in [2.45, 2.75) is 13.0 Å². The summed E-state index contributed by atoms with van der Waals surface area (Å²) in [6.45, 7) is 6.53. The zero-order valence-corrected chi connectivity index (χ0v) is 15.8. The molecule has 26 heavy (non-hydrogen) atoms. The Kier molecular flexibility index (Phi) is 6.36. The summed E-state index contributed by atoms with van der Waals surface area (Å²) >= 11 is 0. The molecule has 0 aliphatic carbocycles. The van der Waals surface area contributed by atoms with Crippen LogP contribution in [0.15, 0.2) is 42.5 Å². The fourth-order valence-electron chi connectivity index (χ4n) is 3.62. The second kappa shape index (κ2) is 8.92. The van der Waals surface area contributed by atoms with Crippen molar-refractivity contribution in [3.05, 3.63) is 53.6 Å². The van der Waals surface area contributed by atoms with E-state index in [1.807, 2.05) is 31.2 Å². The fraction of sp³-hybridized carbons (Fsp3) is 0.429. The highest BCUT2D eigenvalue weighted by Crippen LogP contribution is 2.42. The lowest BCUT2D eigenvalue weighted by molar-refractivity contribution is 0.190. The predicted octanol–water partition coefficient (Wildman–Crippen LogP) is 3.10. The number of benzene rings is 2. The third-order valence-electron chi connectivity index (χ3n) is 4.76. The van der Waals surface area contributed by atoms with Crippen LogP contribution in [0.1, 0.15) is 24.1 Å². The molecule has 1 fully saturated rings. The molecule has 0 bridgehead atoms. The van der Waals surface area contributed by atoms with Crippen molar-refractivity contribution in [1.82, 2.24) is 10.2 Å². The van der Waals surface area contributed by atoms with Gasteiger partial charge in [-0.1, -0.05) is 30.3 Å². The number of nitrogens with one attached hydrogen (secondary N) is 1. The van der Waals surface area contributed by atoms with Gasteiger partial charge < -0.3 is 19.5 Å². The largest absolute Gasteiger partial charge is 0.494 e. The lowest BCUT2D eigenvalue weighted by atomic mass is 9.94. The highest BCUT2D eigenvalue weighted by atomic mass is 16.5. The van der Waals surface area contributed by atoms with Crippen LogP contribution >= 0.6 is 0 Å². The summed E-state index contributed by atoms with van der Waals surface area (Å²) in [7, 11) is 3.38. The van der Waals surface area contributed by atoms with E-state index in [1.165, 1.54) is 0 Å². The number of hydrogen-bond acceptors (Lipinski definition) is 5. The number of methoxy groups -OCH3 is 2. The molecule has 2 aromatic rings. The molecule has 0 aromatic heterocycles. The van der Waals surface area contributed by atoms with Crippen molar-refractivity contribution in [2.24, 2.45) is 0 Å². The molecule has 1 aliphatic rings. The Balaban J connectivity index is 2.14. The molecule has 1 atom stereocenters. The Morgan fingerprint density at radius 1 is 0.923 bits per heavy atom. The van der Waals surface area contributed by atoms with Gasteiger partial charge in [0.25, 0.3) is 0 Å². The van der Waals surface area contributed by atoms with Crippen molar-refractivity contribution in [3.8, 4) is 17.2 Å². The second-order valence-electron chi connectivity index (χ2n) is 6.24. The average molecular weight is 356 g/mol. The van der Waals surface area contributed by atoms with E-state index >= 15 is 0 Å². The van der Waals surface area contributed by atoms with Crippen LogP contribution in [0.3, 0.4) is 0 Å². The molecule has 1 saturated heterocycles. The minimum absolute atomic E-state index is 0.0462. The molecule has 1 heterocycles. The van der Waals surface area contributed by atoms with Crippen LogP contribution in [-0.2, 0) is 0 Å². The molecule has 1 N–H and O–H groups in total. The van der Waals surface area contributed by atoms with E-state index in [1.54, 1.807) is 14.2 Å². The number of nitrogens with zero attached hydrogens (tertiary/aromatic N) is 1. The summed E-state index contributed by atoms with van der Waals surface area (Å²) in [5, 5.41) is 3.43. The molecule has 0 amide bonds. The standard InChI is InChI=1S/C21H28N2O3/c1-4-26-18-10-6-5-8-16(18)20(23-14-12-22-13-15-23)17-9-7-11-19(24-2)21(17)25-3/h5-11,20,22H,4,12-15H2,1-3H3. The van der Waals surface area contributed by atoms with Gasteiger partial charge in [-0.05, 0) is 19.1 Å². The van der Waals surface area contributed by atoms with Crippen molar-refractivity contribution < 1.29 is 14.2 Å². The normalized spacial score (nSPS) is 16.1. The number of piperazine rings is 1. The summed E-state index contributed by atoms with van der Waals surface area (Å²) in [5.74, 6) is 2.45. The van der Waals surface area contributed by atoms with E-state index in [2.05, 4.69) is 28.4 Å². The summed E-state index contributed by atoms with van der Waals surface area (Å²) < 4.78 is 17.2. The smallest absolute Gasteiger partial charge is 0.165 e. The van der Waals surface area contributed by atoms with Crippen molar-refractivity contribution in [2.75, 3.05) is 47.0 Å². The van der Waals surface area contributed by atoms with Gasteiger partial charge >= 0.3 is 0 Å². The first-order chi connectivity index (χ1) is 12.8. The van der Waals surface area contributed by atoms with E-state index in [-0.39, 0.29) is 6.04 Å². The number of ether oxygens (including phenoxy) is 3. The van der Waals surface area contributed by atoms with Gasteiger partial charge in [-0.25, -0.2) is 0 Å². The molecule has 5 heteroatoms. The van der Waals surface area contributed by atoms with E-state index in [4.69, 9.17) is 14.2 Å². The van der Waals surface area contributed by atoms with Crippen LogP contribution in [0.4, 0.5) is 0 Å². The Morgan fingerprint density at radius 2 is 1.62 bits per heavy atom. The Morgan fingerprint density at radius 3 is 2.31 bits per heavy atom. The van der Waals surface area contributed by atoms with Crippen LogP contribution in [0.25, 0.3) is 0 Å². The summed E-state index contributed by atoms with van der Waals surface area (Å²) in [6, 6.07) is 14.4. The van der Waals surface area contributed by atoms with E-state index in [9.17, 15) is 0 Å². The van der Waals surface area contributed by atoms with Gasteiger partial charge in [-0.2, -0.15) is 0 Å². The summed E-state index contributed by atoms with van der Waals surface area (Å²) in [4.78, 5) is 2.48. The molecule has 140 valence electrons. The molecular weight excluding hydrogens is 328 g/mol. The fourth-order valence-corrected chi connectivity index (χ4v) is 3.62. The van der Waals surface area contributed by atoms with Crippen LogP contribution in [0.2, 0.25) is 0 Å². The third-order valence-corrected chi connectivity index (χ3v) is 4.76. The highest BCUT2D eigenvalue weighted by Gasteiger charge is 2.29. The molecule has 0 spiro atoms. The molecule has 0 radical (unpaired) electrons. The quantitative estimate of drug-likeness (QED) is 0.826. The maximum absolute atomic E-state index is 5.95. The zero-order valence-electron chi connectivity index (χ0n) is 15.8. The maximum atomic E-state index is 5.95. The van der Waals surface area contributed by atoms with Gasteiger partial charge in [0.05, 0.1) is 26.9 Å². The van der Waals surface area contributed by atoms with Gasteiger partial charge in [-0.15, -0.1) is 0 Å². The van der Waals surface area contributed by atoms with E-state index in [0.717, 1.165) is 54.6 Å². The Hall–Kier alpha value is -2.24. The van der Waals surface area contributed by atoms with Gasteiger partial charge in [-0.3, -0.25) is 4.90 Å². The number of rotatable bonds is 7. The SMILES string of the molecule is CCOc1ccccc1C(c1cccc(OC)c1OC)N1CCNCC1. The molecule has 1 aliphatic heterocycles. The van der Waals surface area contributed by atoms with Crippen molar-refractivity contribution >= 4 is 0 Å². The average Bonchev–Trinajstić information content (AvgIpc) is 2.70. The second-order valence-corrected chi connectivity index (χ2v) is 6.24. The zero-order chi connectivity index (χ0) is 18.4. The molecule has 5 nitrogen and oxygen atoms in total. The summed E-state index contributed by atoms with van der Waals surface area (Å²) in [6.07, 6.45) is 0. The molecular formula is C21H28N2O3. The van der Waals surface area contributed by atoms with Gasteiger partial charge in [0.1, 0.15) is 5.75 Å². The minimum atomic E-state index is 0.0462. The molecule has 3 rings (SSSR count). The lowest BCUT2D eigenvalue weighted by Gasteiger charge is -2.36. The monoisotopic (exact) mass is 356 g/mol.